The molecule has 0 atom stereocenters. The zero-order valence-corrected chi connectivity index (χ0v) is 12.3. The summed E-state index contributed by atoms with van der Waals surface area (Å²) in [7, 11) is -3.57. The Balaban J connectivity index is 2.10. The molecule has 1 aromatic carbocycles. The third kappa shape index (κ3) is 3.78. The second-order valence-electron chi connectivity index (χ2n) is 4.20. The summed E-state index contributed by atoms with van der Waals surface area (Å²) in [5, 5.41) is 1.70. The molecule has 0 unspecified atom stereocenters. The minimum Gasteiger partial charge on any atom is -0.399 e. The minimum atomic E-state index is -3.57. The van der Waals surface area contributed by atoms with Gasteiger partial charge in [0.2, 0.25) is 10.0 Å². The van der Waals surface area contributed by atoms with Gasteiger partial charge >= 0.3 is 0 Å². The average Bonchev–Trinajstić information content (AvgIpc) is 2.79. The van der Waals surface area contributed by atoms with Crippen LogP contribution in [0, 0.1) is 0 Å². The number of carbonyl (C=O) groups excluding carboxylic acids is 1. The Hall–Kier alpha value is -1.93. The fourth-order valence-electron chi connectivity index (χ4n) is 1.48. The maximum atomic E-state index is 12.0. The lowest BCUT2D eigenvalue weighted by molar-refractivity contribution is 0.101. The van der Waals surface area contributed by atoms with Gasteiger partial charge in [0.1, 0.15) is 5.69 Å². The lowest BCUT2D eigenvalue weighted by Gasteiger charge is -2.05. The molecule has 0 bridgehead atoms. The van der Waals surface area contributed by atoms with Gasteiger partial charge in [0.25, 0.3) is 0 Å². The lowest BCUT2D eigenvalue weighted by Crippen LogP contribution is -2.15. The van der Waals surface area contributed by atoms with E-state index in [0.29, 0.717) is 11.3 Å². The standard InChI is InChI=1S/C12H13N3O3S2/c1-8(16)11-6-19-12(14-11)15-20(17,18)7-9-2-4-10(13)5-3-9/h2-6H,7,13H2,1H3,(H,14,15). The van der Waals surface area contributed by atoms with Crippen molar-refractivity contribution in [3.8, 4) is 0 Å². The monoisotopic (exact) mass is 311 g/mol. The number of thiazole rings is 1. The first-order chi connectivity index (χ1) is 9.35. The van der Waals surface area contributed by atoms with Crippen molar-refractivity contribution in [2.24, 2.45) is 0 Å². The van der Waals surface area contributed by atoms with Gasteiger partial charge in [-0.15, -0.1) is 11.3 Å². The van der Waals surface area contributed by atoms with E-state index < -0.39 is 10.0 Å². The summed E-state index contributed by atoms with van der Waals surface area (Å²) in [5.41, 5.74) is 6.98. The summed E-state index contributed by atoms with van der Waals surface area (Å²) in [6.07, 6.45) is 0. The summed E-state index contributed by atoms with van der Waals surface area (Å²) in [4.78, 5) is 15.0. The van der Waals surface area contributed by atoms with Gasteiger partial charge in [0, 0.05) is 18.0 Å². The zero-order chi connectivity index (χ0) is 14.8. The highest BCUT2D eigenvalue weighted by atomic mass is 32.2. The normalized spacial score (nSPS) is 11.2. The number of carbonyl (C=O) groups is 1. The molecule has 0 saturated heterocycles. The van der Waals surface area contributed by atoms with E-state index in [9.17, 15) is 13.2 Å². The second-order valence-corrected chi connectivity index (χ2v) is 6.78. The second kappa shape index (κ2) is 5.59. The first kappa shape index (κ1) is 14.5. The lowest BCUT2D eigenvalue weighted by atomic mass is 10.2. The van der Waals surface area contributed by atoms with Crippen LogP contribution in [-0.4, -0.2) is 19.2 Å². The van der Waals surface area contributed by atoms with Gasteiger partial charge in [0.05, 0.1) is 5.75 Å². The minimum absolute atomic E-state index is 0.178. The van der Waals surface area contributed by atoms with E-state index in [1.165, 1.54) is 12.3 Å². The van der Waals surface area contributed by atoms with Gasteiger partial charge in [-0.3, -0.25) is 9.52 Å². The molecular formula is C12H13N3O3S2. The van der Waals surface area contributed by atoms with Crippen LogP contribution in [0.3, 0.4) is 0 Å². The molecule has 0 spiro atoms. The van der Waals surface area contributed by atoms with Crippen molar-refractivity contribution in [2.45, 2.75) is 12.7 Å². The SMILES string of the molecule is CC(=O)c1csc(NS(=O)(=O)Cc2ccc(N)cc2)n1. The highest BCUT2D eigenvalue weighted by Gasteiger charge is 2.15. The van der Waals surface area contributed by atoms with Crippen LogP contribution in [0.4, 0.5) is 10.8 Å². The highest BCUT2D eigenvalue weighted by Crippen LogP contribution is 2.19. The van der Waals surface area contributed by atoms with E-state index in [4.69, 9.17) is 5.73 Å². The predicted octanol–water partition coefficient (Wildman–Crippen LogP) is 1.87. The van der Waals surface area contributed by atoms with Crippen molar-refractivity contribution in [2.75, 3.05) is 10.5 Å². The van der Waals surface area contributed by atoms with Gasteiger partial charge in [-0.2, -0.15) is 0 Å². The number of benzene rings is 1. The van der Waals surface area contributed by atoms with Gasteiger partial charge in [0.15, 0.2) is 10.9 Å². The molecule has 106 valence electrons. The Morgan fingerprint density at radius 1 is 1.35 bits per heavy atom. The molecule has 0 radical (unpaired) electrons. The third-order valence-electron chi connectivity index (χ3n) is 2.44. The molecule has 1 aromatic heterocycles. The number of rotatable bonds is 5. The smallest absolute Gasteiger partial charge is 0.238 e. The molecule has 0 aliphatic heterocycles. The first-order valence-electron chi connectivity index (χ1n) is 5.67. The van der Waals surface area contributed by atoms with Crippen molar-refractivity contribution in [3.05, 3.63) is 40.9 Å². The molecule has 0 fully saturated rings. The molecule has 8 heteroatoms. The number of nitrogens with one attached hydrogen (secondary N) is 1. The predicted molar refractivity (Wildman–Crippen MR) is 79.2 cm³/mol. The van der Waals surface area contributed by atoms with Crippen LogP contribution < -0.4 is 10.5 Å². The number of aromatic nitrogens is 1. The molecule has 20 heavy (non-hydrogen) atoms. The summed E-state index contributed by atoms with van der Waals surface area (Å²) in [6, 6.07) is 6.58. The van der Waals surface area contributed by atoms with E-state index in [0.717, 1.165) is 11.3 Å². The molecular weight excluding hydrogens is 298 g/mol. The molecule has 1 heterocycles. The Morgan fingerprint density at radius 2 is 2.00 bits per heavy atom. The number of nitrogens with two attached hydrogens (primary N) is 1. The Labute approximate surface area is 120 Å². The molecule has 0 aliphatic rings. The molecule has 0 amide bonds. The summed E-state index contributed by atoms with van der Waals surface area (Å²) >= 11 is 1.08. The number of Topliss-reactive ketones (excluding diaryl/α,β-unsaturated/α-hetero) is 1. The van der Waals surface area contributed by atoms with Crippen LogP contribution >= 0.6 is 11.3 Å². The number of nitrogen functional groups attached to an aromatic ring is 1. The average molecular weight is 311 g/mol. The number of anilines is 2. The summed E-state index contributed by atoms with van der Waals surface area (Å²) in [6.45, 7) is 1.38. The number of ketones is 1. The van der Waals surface area contributed by atoms with Gasteiger partial charge in [-0.1, -0.05) is 12.1 Å². The third-order valence-corrected chi connectivity index (χ3v) is 4.55. The number of sulfonamides is 1. The van der Waals surface area contributed by atoms with E-state index in [-0.39, 0.29) is 22.4 Å². The maximum absolute atomic E-state index is 12.0. The number of nitrogens with zero attached hydrogens (tertiary/aromatic N) is 1. The largest absolute Gasteiger partial charge is 0.399 e. The Kier molecular flexibility index (Phi) is 4.05. The maximum Gasteiger partial charge on any atom is 0.238 e. The van der Waals surface area contributed by atoms with Crippen molar-refractivity contribution < 1.29 is 13.2 Å². The van der Waals surface area contributed by atoms with Crippen molar-refractivity contribution in [1.29, 1.82) is 0 Å². The van der Waals surface area contributed by atoms with Crippen LogP contribution in [-0.2, 0) is 15.8 Å². The van der Waals surface area contributed by atoms with Crippen LogP contribution in [0.5, 0.6) is 0 Å². The molecule has 6 nitrogen and oxygen atoms in total. The Bertz CT molecular complexity index is 721. The fraction of sp³-hybridized carbons (Fsp3) is 0.167. The van der Waals surface area contributed by atoms with Crippen LogP contribution in [0.2, 0.25) is 0 Å². The molecule has 0 aliphatic carbocycles. The van der Waals surface area contributed by atoms with E-state index in [2.05, 4.69) is 9.71 Å². The van der Waals surface area contributed by atoms with Crippen LogP contribution in [0.25, 0.3) is 0 Å². The van der Waals surface area contributed by atoms with E-state index in [1.807, 2.05) is 0 Å². The molecule has 3 N–H and O–H groups in total. The summed E-state index contributed by atoms with van der Waals surface area (Å²) < 4.78 is 26.3. The Morgan fingerprint density at radius 3 is 2.55 bits per heavy atom. The van der Waals surface area contributed by atoms with Crippen molar-refractivity contribution in [1.82, 2.24) is 4.98 Å². The number of hydrogen-bond donors (Lipinski definition) is 2. The van der Waals surface area contributed by atoms with Crippen LogP contribution in [0.15, 0.2) is 29.6 Å². The number of hydrogen-bond acceptors (Lipinski definition) is 6. The zero-order valence-electron chi connectivity index (χ0n) is 10.7. The highest BCUT2D eigenvalue weighted by molar-refractivity contribution is 7.92. The topological polar surface area (TPSA) is 102 Å². The van der Waals surface area contributed by atoms with Crippen LogP contribution in [0.1, 0.15) is 23.0 Å². The van der Waals surface area contributed by atoms with Gasteiger partial charge in [-0.05, 0) is 17.7 Å². The fourth-order valence-corrected chi connectivity index (χ4v) is 3.67. The van der Waals surface area contributed by atoms with Crippen molar-refractivity contribution in [3.63, 3.8) is 0 Å². The molecule has 2 aromatic rings. The van der Waals surface area contributed by atoms with E-state index >= 15 is 0 Å². The quantitative estimate of drug-likeness (QED) is 0.648. The summed E-state index contributed by atoms with van der Waals surface area (Å²) in [5.74, 6) is -0.382. The first-order valence-corrected chi connectivity index (χ1v) is 8.20. The van der Waals surface area contributed by atoms with E-state index in [1.54, 1.807) is 24.3 Å². The molecule has 0 saturated carbocycles. The van der Waals surface area contributed by atoms with Gasteiger partial charge < -0.3 is 5.73 Å². The van der Waals surface area contributed by atoms with Gasteiger partial charge in [-0.25, -0.2) is 13.4 Å². The molecule has 2 rings (SSSR count). The van der Waals surface area contributed by atoms with Crippen molar-refractivity contribution >= 4 is 38.0 Å².